The molecular weight excluding hydrogens is 599 g/mol. The normalized spacial score (nSPS) is 11.8. The Balaban J connectivity index is 1.12. The number of rotatable bonds is 4. The fraction of sp³-hybridized carbons (Fsp3) is 0. The van der Waals surface area contributed by atoms with Crippen molar-refractivity contribution in [2.45, 2.75) is 0 Å². The number of anilines is 3. The van der Waals surface area contributed by atoms with Crippen molar-refractivity contribution in [2.24, 2.45) is 0 Å². The Morgan fingerprint density at radius 1 is 0.333 bits per heavy atom. The van der Waals surface area contributed by atoms with Crippen LogP contribution in [0.2, 0.25) is 0 Å². The molecule has 0 N–H and O–H groups in total. The van der Waals surface area contributed by atoms with Gasteiger partial charge >= 0.3 is 0 Å². The average Bonchev–Trinajstić information content (AvgIpc) is 3.54. The molecule has 0 aliphatic heterocycles. The monoisotopic (exact) mass is 627 g/mol. The van der Waals surface area contributed by atoms with Crippen LogP contribution in [-0.2, 0) is 0 Å². The van der Waals surface area contributed by atoms with Gasteiger partial charge in [-0.15, -0.1) is 11.3 Å². The molecule has 0 saturated heterocycles. The predicted octanol–water partition coefficient (Wildman–Crippen LogP) is 13.8. The standard InChI is InChI=1S/C46H29NS/c1-2-12-34(13-3-1)47(36-25-26-41-44(29-36)48-43-27-22-31-11-5-7-15-38(31)46(41)43)35-23-20-32(21-24-35)42-28-33-19-18-30-10-4-6-14-37(30)45(33)40-17-9-8-16-39(40)42/h1-29H. The average molecular weight is 628 g/mol. The minimum absolute atomic E-state index is 1.13. The van der Waals surface area contributed by atoms with Gasteiger partial charge in [0.15, 0.2) is 0 Å². The number of hydrogen-bond donors (Lipinski definition) is 0. The summed E-state index contributed by atoms with van der Waals surface area (Å²) in [6.45, 7) is 0. The van der Waals surface area contributed by atoms with E-state index in [1.807, 2.05) is 11.3 Å². The summed E-state index contributed by atoms with van der Waals surface area (Å²) in [7, 11) is 0. The van der Waals surface area contributed by atoms with E-state index in [1.165, 1.54) is 74.4 Å². The minimum atomic E-state index is 1.13. The number of nitrogens with zero attached hydrogens (tertiary/aromatic N) is 1. The summed E-state index contributed by atoms with van der Waals surface area (Å²) in [5.74, 6) is 0. The van der Waals surface area contributed by atoms with Crippen molar-refractivity contribution in [1.82, 2.24) is 0 Å². The Hall–Kier alpha value is -5.96. The van der Waals surface area contributed by atoms with Gasteiger partial charge in [-0.25, -0.2) is 0 Å². The fourth-order valence-corrected chi connectivity index (χ4v) is 8.76. The number of thiophene rings is 1. The summed E-state index contributed by atoms with van der Waals surface area (Å²) in [5, 5.41) is 13.0. The van der Waals surface area contributed by atoms with Crippen LogP contribution in [0.25, 0.3) is 74.4 Å². The summed E-state index contributed by atoms with van der Waals surface area (Å²) >= 11 is 1.87. The lowest BCUT2D eigenvalue weighted by Crippen LogP contribution is -2.09. The molecular formula is C46H29NS. The number of para-hydroxylation sites is 1. The maximum Gasteiger partial charge on any atom is 0.0476 e. The van der Waals surface area contributed by atoms with Gasteiger partial charge in [0.25, 0.3) is 0 Å². The maximum absolute atomic E-state index is 2.37. The van der Waals surface area contributed by atoms with E-state index in [0.29, 0.717) is 0 Å². The smallest absolute Gasteiger partial charge is 0.0476 e. The molecule has 0 bridgehead atoms. The lowest BCUT2D eigenvalue weighted by molar-refractivity contribution is 1.29. The van der Waals surface area contributed by atoms with Crippen LogP contribution in [0.4, 0.5) is 17.1 Å². The molecule has 10 rings (SSSR count). The van der Waals surface area contributed by atoms with Crippen LogP contribution >= 0.6 is 11.3 Å². The van der Waals surface area contributed by atoms with Gasteiger partial charge in [0.1, 0.15) is 0 Å². The molecule has 0 unspecified atom stereocenters. The Morgan fingerprint density at radius 3 is 1.69 bits per heavy atom. The van der Waals surface area contributed by atoms with E-state index in [1.54, 1.807) is 0 Å². The van der Waals surface area contributed by atoms with Gasteiger partial charge < -0.3 is 4.90 Å². The molecule has 0 amide bonds. The number of hydrogen-bond acceptors (Lipinski definition) is 2. The summed E-state index contributed by atoms with van der Waals surface area (Å²) in [4.78, 5) is 2.37. The molecule has 0 radical (unpaired) electrons. The van der Waals surface area contributed by atoms with Crippen LogP contribution in [0.15, 0.2) is 176 Å². The molecule has 0 spiro atoms. The van der Waals surface area contributed by atoms with E-state index < -0.39 is 0 Å². The zero-order valence-electron chi connectivity index (χ0n) is 26.1. The van der Waals surface area contributed by atoms with E-state index >= 15 is 0 Å². The van der Waals surface area contributed by atoms with E-state index in [2.05, 4.69) is 181 Å². The van der Waals surface area contributed by atoms with Crippen LogP contribution in [-0.4, -0.2) is 0 Å². The van der Waals surface area contributed by atoms with Gasteiger partial charge in [-0.1, -0.05) is 127 Å². The first-order valence-corrected chi connectivity index (χ1v) is 17.2. The Labute approximate surface area is 282 Å². The van der Waals surface area contributed by atoms with Crippen molar-refractivity contribution in [3.05, 3.63) is 176 Å². The highest BCUT2D eigenvalue weighted by Gasteiger charge is 2.17. The van der Waals surface area contributed by atoms with Crippen LogP contribution in [0, 0.1) is 0 Å². The van der Waals surface area contributed by atoms with E-state index in [4.69, 9.17) is 0 Å². The molecule has 0 saturated carbocycles. The molecule has 2 heteroatoms. The van der Waals surface area contributed by atoms with Gasteiger partial charge in [-0.3, -0.25) is 0 Å². The van der Waals surface area contributed by atoms with Crippen LogP contribution in [0.3, 0.4) is 0 Å². The van der Waals surface area contributed by atoms with Gasteiger partial charge in [-0.2, -0.15) is 0 Å². The van der Waals surface area contributed by atoms with Crippen molar-refractivity contribution in [1.29, 1.82) is 0 Å². The zero-order chi connectivity index (χ0) is 31.6. The predicted molar refractivity (Wildman–Crippen MR) is 209 cm³/mol. The van der Waals surface area contributed by atoms with Gasteiger partial charge in [-0.05, 0) is 103 Å². The van der Waals surface area contributed by atoms with Crippen LogP contribution in [0.1, 0.15) is 0 Å². The zero-order valence-corrected chi connectivity index (χ0v) is 26.9. The van der Waals surface area contributed by atoms with Gasteiger partial charge in [0.05, 0.1) is 0 Å². The highest BCUT2D eigenvalue weighted by atomic mass is 32.1. The third kappa shape index (κ3) is 4.24. The minimum Gasteiger partial charge on any atom is -0.310 e. The Bertz CT molecular complexity index is 2830. The van der Waals surface area contributed by atoms with Crippen molar-refractivity contribution < 1.29 is 0 Å². The first-order valence-electron chi connectivity index (χ1n) is 16.4. The highest BCUT2D eigenvalue weighted by Crippen LogP contribution is 2.44. The molecule has 0 aliphatic rings. The number of benzene rings is 9. The third-order valence-electron chi connectivity index (χ3n) is 9.80. The molecule has 48 heavy (non-hydrogen) atoms. The van der Waals surface area contributed by atoms with Crippen LogP contribution < -0.4 is 4.90 Å². The summed E-state index contributed by atoms with van der Waals surface area (Å²) in [5.41, 5.74) is 5.89. The quantitative estimate of drug-likeness (QED) is 0.176. The molecule has 0 atom stereocenters. The number of fused-ring (bicyclic) bond motifs is 10. The molecule has 1 nitrogen and oxygen atoms in total. The topological polar surface area (TPSA) is 3.24 Å². The molecule has 0 fully saturated rings. The highest BCUT2D eigenvalue weighted by molar-refractivity contribution is 7.26. The summed E-state index contributed by atoms with van der Waals surface area (Å²) in [6.07, 6.45) is 0. The van der Waals surface area contributed by atoms with E-state index in [-0.39, 0.29) is 0 Å². The summed E-state index contributed by atoms with van der Waals surface area (Å²) < 4.78 is 2.62. The molecule has 10 aromatic rings. The van der Waals surface area contributed by atoms with Crippen LogP contribution in [0.5, 0.6) is 0 Å². The van der Waals surface area contributed by atoms with Crippen molar-refractivity contribution in [3.63, 3.8) is 0 Å². The fourth-order valence-electron chi connectivity index (χ4n) is 7.61. The Morgan fingerprint density at radius 2 is 0.917 bits per heavy atom. The molecule has 1 heterocycles. The van der Waals surface area contributed by atoms with Crippen molar-refractivity contribution in [3.8, 4) is 11.1 Å². The lowest BCUT2D eigenvalue weighted by Gasteiger charge is -2.26. The molecule has 0 aliphatic carbocycles. The lowest BCUT2D eigenvalue weighted by atomic mass is 9.91. The maximum atomic E-state index is 2.37. The molecule has 9 aromatic carbocycles. The molecule has 1 aromatic heterocycles. The first-order chi connectivity index (χ1) is 23.8. The first kappa shape index (κ1) is 27.2. The largest absolute Gasteiger partial charge is 0.310 e. The van der Waals surface area contributed by atoms with Gasteiger partial charge in [0.2, 0.25) is 0 Å². The van der Waals surface area contributed by atoms with Gasteiger partial charge in [0, 0.05) is 37.2 Å². The third-order valence-corrected chi connectivity index (χ3v) is 10.9. The second-order valence-electron chi connectivity index (χ2n) is 12.5. The molecule has 224 valence electrons. The van der Waals surface area contributed by atoms with Crippen molar-refractivity contribution in [2.75, 3.05) is 4.90 Å². The second-order valence-corrected chi connectivity index (χ2v) is 13.6. The van der Waals surface area contributed by atoms with E-state index in [0.717, 1.165) is 17.1 Å². The van der Waals surface area contributed by atoms with Crippen molar-refractivity contribution >= 4 is 91.7 Å². The Kier molecular flexibility index (Phi) is 6.12. The summed E-state index contributed by atoms with van der Waals surface area (Å²) in [6, 6.07) is 64.4. The second kappa shape index (κ2) is 10.8. The van der Waals surface area contributed by atoms with E-state index in [9.17, 15) is 0 Å². The SMILES string of the molecule is c1ccc(N(c2ccc(-c3cc4ccc5ccccc5c4c4ccccc34)cc2)c2ccc3c(c2)sc2ccc4ccccc4c23)cc1.